The monoisotopic (exact) mass is 393 g/mol. The average molecular weight is 394 g/mol. The Morgan fingerprint density at radius 3 is 2.81 bits per heavy atom. The van der Waals surface area contributed by atoms with Crippen molar-refractivity contribution in [3.63, 3.8) is 0 Å². The van der Waals surface area contributed by atoms with E-state index in [-0.39, 0.29) is 24.2 Å². The van der Waals surface area contributed by atoms with Gasteiger partial charge in [-0.2, -0.15) is 0 Å². The number of aromatic nitrogens is 1. The number of carbonyl (C=O) groups excluding carboxylic acids is 1. The fourth-order valence-electron chi connectivity index (χ4n) is 2.95. The first-order valence-corrected chi connectivity index (χ1v) is 8.84. The van der Waals surface area contributed by atoms with Gasteiger partial charge >= 0.3 is 5.97 Å². The Kier molecular flexibility index (Phi) is 6.10. The normalized spacial score (nSPS) is 17.3. The summed E-state index contributed by atoms with van der Waals surface area (Å²) in [4.78, 5) is 26.8. The third kappa shape index (κ3) is 5.06. The number of rotatable bonds is 6. The average Bonchev–Trinajstić information content (AvgIpc) is 3.11. The molecule has 0 spiro atoms. The Morgan fingerprint density at radius 1 is 1.37 bits per heavy atom. The molecule has 1 aromatic carbocycles. The number of halogens is 1. The van der Waals surface area contributed by atoms with E-state index in [0.29, 0.717) is 37.0 Å². The van der Waals surface area contributed by atoms with Crippen molar-refractivity contribution in [3.8, 4) is 11.3 Å². The predicted molar refractivity (Wildman–Crippen MR) is 97.7 cm³/mol. The first-order valence-electron chi connectivity index (χ1n) is 8.46. The molecular formula is C18H20ClN3O5. The van der Waals surface area contributed by atoms with Gasteiger partial charge < -0.3 is 19.3 Å². The lowest BCUT2D eigenvalue weighted by Gasteiger charge is -2.34. The van der Waals surface area contributed by atoms with Crippen molar-refractivity contribution in [2.24, 2.45) is 0 Å². The third-order valence-corrected chi connectivity index (χ3v) is 4.46. The molecule has 0 saturated carbocycles. The third-order valence-electron chi connectivity index (χ3n) is 4.20. The second kappa shape index (κ2) is 8.51. The number of hydrogen-bond donors (Lipinski definition) is 1. The van der Waals surface area contributed by atoms with Gasteiger partial charge in [0.2, 0.25) is 0 Å². The van der Waals surface area contributed by atoms with Crippen molar-refractivity contribution in [2.45, 2.75) is 6.10 Å². The number of benzene rings is 1. The van der Waals surface area contributed by atoms with Crippen molar-refractivity contribution in [3.05, 3.63) is 41.0 Å². The fourth-order valence-corrected chi connectivity index (χ4v) is 3.07. The molecule has 144 valence electrons. The summed E-state index contributed by atoms with van der Waals surface area (Å²) in [5.74, 6) is -0.660. The maximum atomic E-state index is 12.7. The molecule has 1 aliphatic rings. The molecule has 1 atom stereocenters. The van der Waals surface area contributed by atoms with Crippen molar-refractivity contribution in [2.75, 3.05) is 39.8 Å². The summed E-state index contributed by atoms with van der Waals surface area (Å²) in [5.41, 5.74) is 1.00. The number of carboxylic acid groups (broad SMARTS) is 1. The first kappa shape index (κ1) is 19.3. The van der Waals surface area contributed by atoms with Crippen LogP contribution >= 0.6 is 11.6 Å². The second-order valence-electron chi connectivity index (χ2n) is 6.42. The van der Waals surface area contributed by atoms with Gasteiger partial charge in [0.15, 0.2) is 11.5 Å². The number of aliphatic carboxylic acids is 1. The lowest BCUT2D eigenvalue weighted by Crippen LogP contribution is -2.49. The van der Waals surface area contributed by atoms with Crippen LogP contribution in [0.1, 0.15) is 10.5 Å². The minimum Gasteiger partial charge on any atom is -0.480 e. The highest BCUT2D eigenvalue weighted by atomic mass is 35.5. The molecule has 1 fully saturated rings. The number of amides is 1. The van der Waals surface area contributed by atoms with Gasteiger partial charge in [0.1, 0.15) is 0 Å². The molecular weight excluding hydrogens is 374 g/mol. The maximum Gasteiger partial charge on any atom is 0.317 e. The summed E-state index contributed by atoms with van der Waals surface area (Å²) in [6, 6.07) is 8.66. The highest BCUT2D eigenvalue weighted by Gasteiger charge is 2.28. The van der Waals surface area contributed by atoms with Gasteiger partial charge in [0, 0.05) is 36.3 Å². The van der Waals surface area contributed by atoms with E-state index < -0.39 is 5.97 Å². The molecule has 2 heterocycles. The number of nitrogens with zero attached hydrogens (tertiary/aromatic N) is 3. The lowest BCUT2D eigenvalue weighted by molar-refractivity contribution is -0.138. The SMILES string of the molecule is CN(CC(=O)O)CC1CN(C(=O)c2cc(-c3ccc(Cl)cc3)on2)CCO1. The number of carbonyl (C=O) groups is 2. The highest BCUT2D eigenvalue weighted by molar-refractivity contribution is 6.30. The largest absolute Gasteiger partial charge is 0.480 e. The Bertz CT molecular complexity index is 808. The van der Waals surface area contributed by atoms with E-state index in [1.54, 1.807) is 47.2 Å². The molecule has 0 aliphatic carbocycles. The highest BCUT2D eigenvalue weighted by Crippen LogP contribution is 2.23. The van der Waals surface area contributed by atoms with Crippen molar-refractivity contribution < 1.29 is 24.0 Å². The number of ether oxygens (including phenoxy) is 1. The molecule has 1 unspecified atom stereocenters. The van der Waals surface area contributed by atoms with Gasteiger partial charge in [-0.25, -0.2) is 0 Å². The van der Waals surface area contributed by atoms with Gasteiger partial charge in [-0.05, 0) is 31.3 Å². The molecule has 1 aromatic heterocycles. The zero-order chi connectivity index (χ0) is 19.4. The molecule has 1 N–H and O–H groups in total. The first-order chi connectivity index (χ1) is 12.9. The molecule has 3 rings (SSSR count). The molecule has 1 aliphatic heterocycles. The van der Waals surface area contributed by atoms with Crippen LogP contribution in [0.2, 0.25) is 5.02 Å². The van der Waals surface area contributed by atoms with Gasteiger partial charge in [-0.3, -0.25) is 14.5 Å². The molecule has 2 aromatic rings. The smallest absolute Gasteiger partial charge is 0.317 e. The van der Waals surface area contributed by atoms with Crippen LogP contribution in [0.15, 0.2) is 34.9 Å². The van der Waals surface area contributed by atoms with Crippen LogP contribution in [0.25, 0.3) is 11.3 Å². The molecule has 8 nitrogen and oxygen atoms in total. The fraction of sp³-hybridized carbons (Fsp3) is 0.389. The minimum absolute atomic E-state index is 0.0818. The van der Waals surface area contributed by atoms with E-state index in [0.717, 1.165) is 5.56 Å². The topological polar surface area (TPSA) is 96.1 Å². The van der Waals surface area contributed by atoms with E-state index in [9.17, 15) is 9.59 Å². The van der Waals surface area contributed by atoms with Crippen LogP contribution in [0.4, 0.5) is 0 Å². The molecule has 0 bridgehead atoms. The van der Waals surface area contributed by atoms with E-state index in [4.69, 9.17) is 26.0 Å². The summed E-state index contributed by atoms with van der Waals surface area (Å²) in [7, 11) is 1.70. The summed E-state index contributed by atoms with van der Waals surface area (Å²) >= 11 is 5.88. The van der Waals surface area contributed by atoms with Gasteiger partial charge in [-0.1, -0.05) is 16.8 Å². The lowest BCUT2D eigenvalue weighted by atomic mass is 10.1. The summed E-state index contributed by atoms with van der Waals surface area (Å²) in [6.45, 7) is 1.54. The van der Waals surface area contributed by atoms with Gasteiger partial charge in [0.25, 0.3) is 5.91 Å². The minimum atomic E-state index is -0.904. The molecule has 0 radical (unpaired) electrons. The van der Waals surface area contributed by atoms with Gasteiger partial charge in [0.05, 0.1) is 19.3 Å². The Hall–Kier alpha value is -2.42. The summed E-state index contributed by atoms with van der Waals surface area (Å²) in [6.07, 6.45) is -0.255. The zero-order valence-corrected chi connectivity index (χ0v) is 15.6. The van der Waals surface area contributed by atoms with E-state index in [2.05, 4.69) is 5.16 Å². The van der Waals surface area contributed by atoms with Crippen LogP contribution in [-0.4, -0.2) is 77.9 Å². The molecule has 27 heavy (non-hydrogen) atoms. The summed E-state index contributed by atoms with van der Waals surface area (Å²) < 4.78 is 10.9. The van der Waals surface area contributed by atoms with Crippen molar-refractivity contribution in [1.82, 2.24) is 15.0 Å². The number of hydrogen-bond acceptors (Lipinski definition) is 6. The number of likely N-dealkylation sites (N-methyl/N-ethyl adjacent to an activating group) is 1. The number of carboxylic acids is 1. The van der Waals surface area contributed by atoms with Crippen LogP contribution < -0.4 is 0 Å². The quantitative estimate of drug-likeness (QED) is 0.800. The van der Waals surface area contributed by atoms with Crippen molar-refractivity contribution >= 4 is 23.5 Å². The van der Waals surface area contributed by atoms with Crippen LogP contribution in [0, 0.1) is 0 Å². The zero-order valence-electron chi connectivity index (χ0n) is 14.8. The Balaban J connectivity index is 1.63. The molecule has 9 heteroatoms. The van der Waals surface area contributed by atoms with Crippen molar-refractivity contribution in [1.29, 1.82) is 0 Å². The van der Waals surface area contributed by atoms with Gasteiger partial charge in [-0.15, -0.1) is 0 Å². The van der Waals surface area contributed by atoms with Crippen LogP contribution in [0.5, 0.6) is 0 Å². The van der Waals surface area contributed by atoms with E-state index in [1.807, 2.05) is 0 Å². The Labute approximate surface area is 161 Å². The predicted octanol–water partition coefficient (Wildman–Crippen LogP) is 1.85. The standard InChI is InChI=1S/C18H20ClN3O5/c1-21(11-17(23)24)9-14-10-22(6-7-26-14)18(25)15-8-16(27-20-15)12-2-4-13(19)5-3-12/h2-5,8,14H,6-7,9-11H2,1H3,(H,23,24). The molecule has 1 saturated heterocycles. The van der Waals surface area contributed by atoms with E-state index >= 15 is 0 Å². The maximum absolute atomic E-state index is 12.7. The Morgan fingerprint density at radius 2 is 2.11 bits per heavy atom. The number of morpholine rings is 1. The second-order valence-corrected chi connectivity index (χ2v) is 6.85. The summed E-state index contributed by atoms with van der Waals surface area (Å²) in [5, 5.41) is 13.3. The van der Waals surface area contributed by atoms with E-state index in [1.165, 1.54) is 0 Å². The van der Waals surface area contributed by atoms with Crippen LogP contribution in [0.3, 0.4) is 0 Å². The molecule has 1 amide bonds. The van der Waals surface area contributed by atoms with Crippen LogP contribution in [-0.2, 0) is 9.53 Å².